The number of nitrogens with one attached hydrogen (secondary N) is 1. The van der Waals surface area contributed by atoms with Crippen molar-refractivity contribution in [2.45, 2.75) is 25.9 Å². The van der Waals surface area contributed by atoms with Gasteiger partial charge in [-0.05, 0) is 46.1 Å². The third kappa shape index (κ3) is 5.67. The van der Waals surface area contributed by atoms with Crippen LogP contribution in [0.15, 0.2) is 22.7 Å². The zero-order valence-corrected chi connectivity index (χ0v) is 13.1. The third-order valence-corrected chi connectivity index (χ3v) is 3.38. The maximum Gasteiger partial charge on any atom is 0.273 e. The molecule has 1 atom stereocenters. The number of benzene rings is 1. The van der Waals surface area contributed by atoms with Gasteiger partial charge in [0, 0.05) is 28.7 Å². The Balaban J connectivity index is 2.61. The Kier molecular flexibility index (Phi) is 6.41. The molecule has 0 fully saturated rings. The van der Waals surface area contributed by atoms with Gasteiger partial charge in [-0.15, -0.1) is 0 Å². The number of nitro groups is 1. The number of nitro benzene ring substituents is 1. The van der Waals surface area contributed by atoms with Crippen LogP contribution in [0.4, 0.5) is 5.69 Å². The summed E-state index contributed by atoms with van der Waals surface area (Å²) in [5, 5.41) is 14.3. The van der Waals surface area contributed by atoms with Crippen molar-refractivity contribution in [2.75, 3.05) is 20.6 Å². The van der Waals surface area contributed by atoms with E-state index < -0.39 is 0 Å². The molecule has 1 rings (SSSR count). The lowest BCUT2D eigenvalue weighted by atomic mass is 10.1. The average Bonchev–Trinajstić information content (AvgIpc) is 2.33. The second-order valence-electron chi connectivity index (χ2n) is 4.90. The fourth-order valence-corrected chi connectivity index (χ4v) is 2.12. The van der Waals surface area contributed by atoms with Crippen molar-refractivity contribution in [3.63, 3.8) is 0 Å². The third-order valence-electron chi connectivity index (χ3n) is 2.89. The van der Waals surface area contributed by atoms with Crippen LogP contribution in [0.25, 0.3) is 0 Å². The van der Waals surface area contributed by atoms with Gasteiger partial charge < -0.3 is 10.2 Å². The highest BCUT2D eigenvalue weighted by Crippen LogP contribution is 2.23. The molecule has 0 saturated carbocycles. The van der Waals surface area contributed by atoms with Crippen molar-refractivity contribution in [1.82, 2.24) is 10.2 Å². The van der Waals surface area contributed by atoms with Crippen molar-refractivity contribution in [1.29, 1.82) is 0 Å². The van der Waals surface area contributed by atoms with Crippen LogP contribution in [0.3, 0.4) is 0 Å². The molecule has 0 aliphatic heterocycles. The molecule has 6 heteroatoms. The fourth-order valence-electron chi connectivity index (χ4n) is 1.71. The highest BCUT2D eigenvalue weighted by Gasteiger charge is 2.14. The van der Waals surface area contributed by atoms with Gasteiger partial charge in [0.1, 0.15) is 0 Å². The quantitative estimate of drug-likeness (QED) is 0.617. The van der Waals surface area contributed by atoms with Gasteiger partial charge >= 0.3 is 0 Å². The van der Waals surface area contributed by atoms with E-state index >= 15 is 0 Å². The van der Waals surface area contributed by atoms with Gasteiger partial charge in [0.05, 0.1) is 4.92 Å². The van der Waals surface area contributed by atoms with Crippen LogP contribution in [0.5, 0.6) is 0 Å². The summed E-state index contributed by atoms with van der Waals surface area (Å²) in [5.41, 5.74) is 0.867. The van der Waals surface area contributed by atoms with Crippen LogP contribution < -0.4 is 5.32 Å². The molecule has 5 nitrogen and oxygen atoms in total. The van der Waals surface area contributed by atoms with E-state index in [-0.39, 0.29) is 10.6 Å². The van der Waals surface area contributed by atoms with E-state index in [0.717, 1.165) is 17.4 Å². The van der Waals surface area contributed by atoms with Gasteiger partial charge in [-0.25, -0.2) is 0 Å². The predicted molar refractivity (Wildman–Crippen MR) is 80.3 cm³/mol. The Morgan fingerprint density at radius 3 is 2.74 bits per heavy atom. The SMILES string of the molecule is CC(CCN(C)C)NCc1cc(Br)ccc1[N+](=O)[O-]. The van der Waals surface area contributed by atoms with Crippen molar-refractivity contribution >= 4 is 21.6 Å². The first-order valence-corrected chi connectivity index (χ1v) is 7.00. The molecule has 0 amide bonds. The maximum atomic E-state index is 10.9. The summed E-state index contributed by atoms with van der Waals surface area (Å²) in [4.78, 5) is 12.7. The van der Waals surface area contributed by atoms with Crippen molar-refractivity contribution in [3.8, 4) is 0 Å². The predicted octanol–water partition coefficient (Wildman–Crippen LogP) is 2.79. The largest absolute Gasteiger partial charge is 0.310 e. The van der Waals surface area contributed by atoms with E-state index in [1.807, 2.05) is 14.1 Å². The first-order valence-electron chi connectivity index (χ1n) is 6.21. The minimum absolute atomic E-state index is 0.163. The van der Waals surface area contributed by atoms with E-state index in [0.29, 0.717) is 18.2 Å². The maximum absolute atomic E-state index is 10.9. The zero-order chi connectivity index (χ0) is 14.4. The van der Waals surface area contributed by atoms with Crippen LogP contribution in [0.2, 0.25) is 0 Å². The Hall–Kier alpha value is -0.980. The van der Waals surface area contributed by atoms with E-state index in [4.69, 9.17) is 0 Å². The highest BCUT2D eigenvalue weighted by molar-refractivity contribution is 9.10. The summed E-state index contributed by atoms with van der Waals surface area (Å²) in [6.07, 6.45) is 1.01. The number of halogens is 1. The Bertz CT molecular complexity index is 438. The van der Waals surface area contributed by atoms with E-state index in [1.165, 1.54) is 6.07 Å². The standard InChI is InChI=1S/C13H20BrN3O2/c1-10(6-7-16(2)3)15-9-11-8-12(14)4-5-13(11)17(18)19/h4-5,8,10,15H,6-7,9H2,1-3H3. The summed E-state index contributed by atoms with van der Waals surface area (Å²) in [7, 11) is 4.07. The summed E-state index contributed by atoms with van der Waals surface area (Å²) >= 11 is 3.35. The second kappa shape index (κ2) is 7.57. The topological polar surface area (TPSA) is 58.4 Å². The first kappa shape index (κ1) is 16.1. The van der Waals surface area contributed by atoms with Gasteiger partial charge in [0.15, 0.2) is 0 Å². The van der Waals surface area contributed by atoms with Gasteiger partial charge in [0.2, 0.25) is 0 Å². The lowest BCUT2D eigenvalue weighted by molar-refractivity contribution is -0.385. The highest BCUT2D eigenvalue weighted by atomic mass is 79.9. The van der Waals surface area contributed by atoms with Gasteiger partial charge in [-0.3, -0.25) is 10.1 Å². The van der Waals surface area contributed by atoms with Crippen LogP contribution in [0, 0.1) is 10.1 Å². The van der Waals surface area contributed by atoms with E-state index in [1.54, 1.807) is 12.1 Å². The van der Waals surface area contributed by atoms with Crippen LogP contribution in [-0.4, -0.2) is 36.5 Å². The average molecular weight is 330 g/mol. The van der Waals surface area contributed by atoms with Crippen molar-refractivity contribution < 1.29 is 4.92 Å². The monoisotopic (exact) mass is 329 g/mol. The molecule has 0 spiro atoms. The molecule has 1 aromatic carbocycles. The van der Waals surface area contributed by atoms with Gasteiger partial charge in [0.25, 0.3) is 5.69 Å². The molecule has 0 saturated heterocycles. The summed E-state index contributed by atoms with van der Waals surface area (Å²) in [6, 6.07) is 5.34. The van der Waals surface area contributed by atoms with Crippen molar-refractivity contribution in [2.24, 2.45) is 0 Å². The Labute approximate surface area is 122 Å². The first-order chi connectivity index (χ1) is 8.90. The molecule has 0 heterocycles. The van der Waals surface area contributed by atoms with Crippen LogP contribution in [-0.2, 0) is 6.54 Å². The van der Waals surface area contributed by atoms with Crippen molar-refractivity contribution in [3.05, 3.63) is 38.3 Å². The second-order valence-corrected chi connectivity index (χ2v) is 5.82. The van der Waals surface area contributed by atoms with E-state index in [9.17, 15) is 10.1 Å². The molecule has 1 unspecified atom stereocenters. The molecule has 0 aliphatic rings. The van der Waals surface area contributed by atoms with Gasteiger partial charge in [-0.2, -0.15) is 0 Å². The summed E-state index contributed by atoms with van der Waals surface area (Å²) in [5.74, 6) is 0. The number of hydrogen-bond donors (Lipinski definition) is 1. The number of hydrogen-bond acceptors (Lipinski definition) is 4. The molecule has 1 aromatic rings. The van der Waals surface area contributed by atoms with Gasteiger partial charge in [-0.1, -0.05) is 15.9 Å². The molecule has 106 valence electrons. The smallest absolute Gasteiger partial charge is 0.273 e. The lowest BCUT2D eigenvalue weighted by Crippen LogP contribution is -2.29. The Morgan fingerprint density at radius 2 is 2.16 bits per heavy atom. The minimum Gasteiger partial charge on any atom is -0.310 e. The molecule has 0 radical (unpaired) electrons. The van der Waals surface area contributed by atoms with Crippen LogP contribution in [0.1, 0.15) is 18.9 Å². The molecular weight excluding hydrogens is 310 g/mol. The van der Waals surface area contributed by atoms with Crippen LogP contribution >= 0.6 is 15.9 Å². The molecule has 19 heavy (non-hydrogen) atoms. The fraction of sp³-hybridized carbons (Fsp3) is 0.538. The molecular formula is C13H20BrN3O2. The number of rotatable bonds is 7. The molecule has 1 N–H and O–H groups in total. The minimum atomic E-state index is -0.339. The normalized spacial score (nSPS) is 12.7. The Morgan fingerprint density at radius 1 is 1.47 bits per heavy atom. The molecule has 0 aromatic heterocycles. The lowest BCUT2D eigenvalue weighted by Gasteiger charge is -2.16. The molecule has 0 bridgehead atoms. The number of nitrogens with zero attached hydrogens (tertiary/aromatic N) is 2. The summed E-state index contributed by atoms with van der Waals surface area (Å²) < 4.78 is 0.857. The zero-order valence-electron chi connectivity index (χ0n) is 11.5. The summed E-state index contributed by atoms with van der Waals surface area (Å²) in [6.45, 7) is 3.59. The molecule has 0 aliphatic carbocycles. The van der Waals surface area contributed by atoms with E-state index in [2.05, 4.69) is 33.1 Å².